The summed E-state index contributed by atoms with van der Waals surface area (Å²) >= 11 is 0. The summed E-state index contributed by atoms with van der Waals surface area (Å²) < 4.78 is 35.5. The lowest BCUT2D eigenvalue weighted by Gasteiger charge is -2.20. The molecule has 16 heavy (non-hydrogen) atoms. The van der Waals surface area contributed by atoms with Gasteiger partial charge in [0.25, 0.3) is 0 Å². The molecule has 0 saturated carbocycles. The molecule has 2 atom stereocenters. The third-order valence-electron chi connectivity index (χ3n) is 2.52. The molecule has 0 bridgehead atoms. The van der Waals surface area contributed by atoms with E-state index in [2.05, 4.69) is 0 Å². The van der Waals surface area contributed by atoms with E-state index in [-0.39, 0.29) is 0 Å². The average molecular weight is 246 g/mol. The van der Waals surface area contributed by atoms with Crippen LogP contribution in [0.3, 0.4) is 0 Å². The Hall–Kier alpha value is -0.940. The molecule has 0 unspecified atom stereocenters. The van der Waals surface area contributed by atoms with Crippen molar-refractivity contribution in [3.8, 4) is 0 Å². The van der Waals surface area contributed by atoms with E-state index in [4.69, 9.17) is 0 Å². The molecule has 0 fully saturated rings. The Kier molecular flexibility index (Phi) is 4.04. The van der Waals surface area contributed by atoms with E-state index >= 15 is 0 Å². The van der Waals surface area contributed by atoms with Gasteiger partial charge in [0.15, 0.2) is 9.84 Å². The molecule has 0 amide bonds. The Morgan fingerprint density at radius 1 is 1.31 bits per heavy atom. The van der Waals surface area contributed by atoms with Crippen molar-refractivity contribution in [2.24, 2.45) is 0 Å². The van der Waals surface area contributed by atoms with Gasteiger partial charge >= 0.3 is 0 Å². The van der Waals surface area contributed by atoms with E-state index in [0.717, 1.165) is 6.26 Å². The molecule has 90 valence electrons. The normalized spacial score (nSPS) is 15.8. The zero-order valence-corrected chi connectivity index (χ0v) is 10.0. The molecular formula is C11H15FO3S. The predicted octanol–water partition coefficient (Wildman–Crippen LogP) is 1.68. The summed E-state index contributed by atoms with van der Waals surface area (Å²) in [5.41, 5.74) is 0.415. The number of halogens is 1. The Morgan fingerprint density at radius 2 is 1.81 bits per heavy atom. The number of aliphatic hydroxyl groups is 1. The number of hydrogen-bond acceptors (Lipinski definition) is 3. The first-order valence-electron chi connectivity index (χ1n) is 4.98. The van der Waals surface area contributed by atoms with Crippen molar-refractivity contribution in [2.45, 2.75) is 24.7 Å². The minimum Gasteiger partial charge on any atom is -0.387 e. The molecule has 1 aromatic rings. The van der Waals surface area contributed by atoms with Gasteiger partial charge in [-0.3, -0.25) is 0 Å². The van der Waals surface area contributed by atoms with Gasteiger partial charge in [0.2, 0.25) is 0 Å². The fraction of sp³-hybridized carbons (Fsp3) is 0.455. The number of hydrogen-bond donors (Lipinski definition) is 1. The molecule has 0 aliphatic heterocycles. The third-order valence-corrected chi connectivity index (χ3v) is 4.21. The van der Waals surface area contributed by atoms with Crippen molar-refractivity contribution in [3.05, 3.63) is 35.6 Å². The molecular weight excluding hydrogens is 231 g/mol. The maximum atomic E-state index is 12.7. The van der Waals surface area contributed by atoms with Crippen LogP contribution in [-0.2, 0) is 9.84 Å². The zero-order chi connectivity index (χ0) is 12.3. The highest BCUT2D eigenvalue weighted by Crippen LogP contribution is 2.24. The van der Waals surface area contributed by atoms with Crippen LogP contribution in [0.2, 0.25) is 0 Å². The van der Waals surface area contributed by atoms with Crippen molar-refractivity contribution in [1.29, 1.82) is 0 Å². The van der Waals surface area contributed by atoms with Crippen molar-refractivity contribution in [1.82, 2.24) is 0 Å². The van der Waals surface area contributed by atoms with E-state index in [1.807, 2.05) is 0 Å². The molecule has 0 heterocycles. The van der Waals surface area contributed by atoms with Crippen LogP contribution in [-0.4, -0.2) is 25.0 Å². The fourth-order valence-corrected chi connectivity index (χ4v) is 2.87. The SMILES string of the molecule is CC[C@@H]([C@@H](O)c1ccc(F)cc1)S(C)(=O)=O. The average Bonchev–Trinajstić information content (AvgIpc) is 2.17. The summed E-state index contributed by atoms with van der Waals surface area (Å²) in [6.07, 6.45) is 0.297. The largest absolute Gasteiger partial charge is 0.387 e. The first-order chi connectivity index (χ1) is 7.36. The van der Waals surface area contributed by atoms with Crippen LogP contribution >= 0.6 is 0 Å². The molecule has 0 spiro atoms. The van der Waals surface area contributed by atoms with Gasteiger partial charge in [-0.05, 0) is 24.1 Å². The molecule has 1 aromatic carbocycles. The van der Waals surface area contributed by atoms with Gasteiger partial charge in [0, 0.05) is 6.26 Å². The second kappa shape index (κ2) is 4.93. The Labute approximate surface area is 94.8 Å². The molecule has 1 rings (SSSR count). The second-order valence-corrected chi connectivity index (χ2v) is 6.04. The highest BCUT2D eigenvalue weighted by molar-refractivity contribution is 7.91. The molecule has 1 N–H and O–H groups in total. The Bertz CT molecular complexity index is 439. The summed E-state index contributed by atoms with van der Waals surface area (Å²) in [6.45, 7) is 1.69. The number of rotatable bonds is 4. The van der Waals surface area contributed by atoms with Gasteiger partial charge in [-0.1, -0.05) is 19.1 Å². The van der Waals surface area contributed by atoms with E-state index in [0.29, 0.717) is 12.0 Å². The zero-order valence-electron chi connectivity index (χ0n) is 9.22. The van der Waals surface area contributed by atoms with Crippen LogP contribution in [0, 0.1) is 5.82 Å². The summed E-state index contributed by atoms with van der Waals surface area (Å²) in [5.74, 6) is -0.414. The number of aliphatic hydroxyl groups excluding tert-OH is 1. The fourth-order valence-electron chi connectivity index (χ4n) is 1.63. The van der Waals surface area contributed by atoms with E-state index in [1.54, 1.807) is 6.92 Å². The van der Waals surface area contributed by atoms with Crippen LogP contribution in [0.15, 0.2) is 24.3 Å². The van der Waals surface area contributed by atoms with Crippen LogP contribution in [0.4, 0.5) is 4.39 Å². The molecule has 0 saturated heterocycles. The third kappa shape index (κ3) is 3.02. The standard InChI is InChI=1S/C11H15FO3S/c1-3-10(16(2,14)15)11(13)8-4-6-9(12)7-5-8/h4-7,10-11,13H,3H2,1-2H3/t10-,11-/m0/s1. The summed E-state index contributed by atoms with van der Waals surface area (Å²) in [5, 5.41) is 9.06. The highest BCUT2D eigenvalue weighted by Gasteiger charge is 2.28. The van der Waals surface area contributed by atoms with Crippen molar-refractivity contribution < 1.29 is 17.9 Å². The van der Waals surface area contributed by atoms with Crippen LogP contribution in [0.5, 0.6) is 0 Å². The van der Waals surface area contributed by atoms with Gasteiger partial charge in [-0.25, -0.2) is 12.8 Å². The highest BCUT2D eigenvalue weighted by atomic mass is 32.2. The van der Waals surface area contributed by atoms with Gasteiger partial charge in [0.1, 0.15) is 5.82 Å². The summed E-state index contributed by atoms with van der Waals surface area (Å²) in [6, 6.07) is 5.20. The van der Waals surface area contributed by atoms with Gasteiger partial charge in [-0.2, -0.15) is 0 Å². The second-order valence-electron chi connectivity index (χ2n) is 3.77. The first-order valence-corrected chi connectivity index (χ1v) is 6.94. The molecule has 5 heteroatoms. The van der Waals surface area contributed by atoms with Gasteiger partial charge in [-0.15, -0.1) is 0 Å². The van der Waals surface area contributed by atoms with E-state index < -0.39 is 27.0 Å². The summed E-state index contributed by atoms with van der Waals surface area (Å²) in [7, 11) is -3.32. The number of sulfone groups is 1. The maximum Gasteiger partial charge on any atom is 0.153 e. The smallest absolute Gasteiger partial charge is 0.153 e. The molecule has 0 radical (unpaired) electrons. The monoisotopic (exact) mass is 246 g/mol. The Balaban J connectivity index is 3.00. The summed E-state index contributed by atoms with van der Waals surface area (Å²) in [4.78, 5) is 0. The van der Waals surface area contributed by atoms with Crippen molar-refractivity contribution in [2.75, 3.05) is 6.26 Å². The van der Waals surface area contributed by atoms with Gasteiger partial charge < -0.3 is 5.11 Å². The maximum absolute atomic E-state index is 12.7. The van der Waals surface area contributed by atoms with Gasteiger partial charge in [0.05, 0.1) is 11.4 Å². The lowest BCUT2D eigenvalue weighted by molar-refractivity contribution is 0.169. The van der Waals surface area contributed by atoms with E-state index in [1.165, 1.54) is 24.3 Å². The molecule has 3 nitrogen and oxygen atoms in total. The minimum absolute atomic E-state index is 0.317. The predicted molar refractivity (Wildman–Crippen MR) is 60.3 cm³/mol. The number of benzene rings is 1. The first kappa shape index (κ1) is 13.1. The molecule has 0 aromatic heterocycles. The minimum atomic E-state index is -3.32. The van der Waals surface area contributed by atoms with Crippen LogP contribution in [0.1, 0.15) is 25.0 Å². The molecule has 0 aliphatic carbocycles. The van der Waals surface area contributed by atoms with Crippen LogP contribution < -0.4 is 0 Å². The molecule has 0 aliphatic rings. The quantitative estimate of drug-likeness (QED) is 0.879. The van der Waals surface area contributed by atoms with E-state index in [9.17, 15) is 17.9 Å². The lowest BCUT2D eigenvalue weighted by Crippen LogP contribution is -2.26. The van der Waals surface area contributed by atoms with Crippen molar-refractivity contribution >= 4 is 9.84 Å². The lowest BCUT2D eigenvalue weighted by atomic mass is 10.1. The van der Waals surface area contributed by atoms with Crippen LogP contribution in [0.25, 0.3) is 0 Å². The van der Waals surface area contributed by atoms with Crippen molar-refractivity contribution in [3.63, 3.8) is 0 Å². The topological polar surface area (TPSA) is 54.4 Å². The Morgan fingerprint density at radius 3 is 2.19 bits per heavy atom.